The zero-order chi connectivity index (χ0) is 15.5. The highest BCUT2D eigenvalue weighted by atomic mass is 35.5. The topological polar surface area (TPSA) is 95.9 Å². The molecule has 2 N–H and O–H groups in total. The van der Waals surface area contributed by atoms with Gasteiger partial charge < -0.3 is 15.0 Å². The van der Waals surface area contributed by atoms with Gasteiger partial charge >= 0.3 is 5.97 Å². The molecule has 0 aliphatic carbocycles. The van der Waals surface area contributed by atoms with Crippen LogP contribution in [0.2, 0.25) is 5.15 Å². The van der Waals surface area contributed by atoms with Gasteiger partial charge in [0.15, 0.2) is 10.8 Å². The van der Waals surface area contributed by atoms with Crippen molar-refractivity contribution in [3.05, 3.63) is 47.4 Å². The number of imidazole rings is 1. The van der Waals surface area contributed by atoms with Gasteiger partial charge in [-0.3, -0.25) is 4.79 Å². The summed E-state index contributed by atoms with van der Waals surface area (Å²) in [5, 5.41) is 0.152. The van der Waals surface area contributed by atoms with E-state index in [0.29, 0.717) is 11.2 Å². The molecule has 0 aliphatic heterocycles. The smallest absolute Gasteiger partial charge is 0.326 e. The van der Waals surface area contributed by atoms with Crippen molar-refractivity contribution in [3.63, 3.8) is 0 Å². The molecule has 112 valence electrons. The lowest BCUT2D eigenvalue weighted by atomic mass is 10.2. The highest BCUT2D eigenvalue weighted by Gasteiger charge is 2.13. The predicted molar refractivity (Wildman–Crippen MR) is 81.0 cm³/mol. The van der Waals surface area contributed by atoms with E-state index in [1.54, 1.807) is 0 Å². The number of hydrogen-bond acceptors (Lipinski definition) is 6. The largest absolute Gasteiger partial charge is 0.459 e. The SMILES string of the molecule is Nc1nc(Cl)c2ncn(CC(=O)OCc3ccccc3)c2n1. The zero-order valence-corrected chi connectivity index (χ0v) is 12.2. The van der Waals surface area contributed by atoms with Gasteiger partial charge in [0.1, 0.15) is 18.7 Å². The monoisotopic (exact) mass is 317 g/mol. The molecule has 0 atom stereocenters. The van der Waals surface area contributed by atoms with Crippen LogP contribution in [-0.2, 0) is 22.7 Å². The lowest BCUT2D eigenvalue weighted by Gasteiger charge is -2.06. The average Bonchev–Trinajstić information content (AvgIpc) is 2.89. The first-order valence-electron chi connectivity index (χ1n) is 6.47. The van der Waals surface area contributed by atoms with E-state index in [1.165, 1.54) is 10.9 Å². The molecule has 8 heteroatoms. The minimum Gasteiger partial charge on any atom is -0.459 e. The quantitative estimate of drug-likeness (QED) is 0.582. The van der Waals surface area contributed by atoms with Crippen LogP contribution in [0.5, 0.6) is 0 Å². The lowest BCUT2D eigenvalue weighted by Crippen LogP contribution is -2.13. The molecular weight excluding hydrogens is 306 g/mol. The fourth-order valence-corrected chi connectivity index (χ4v) is 2.18. The fraction of sp³-hybridized carbons (Fsp3) is 0.143. The van der Waals surface area contributed by atoms with Crippen LogP contribution in [0, 0.1) is 0 Å². The number of esters is 1. The Balaban J connectivity index is 1.72. The molecule has 0 saturated heterocycles. The third kappa shape index (κ3) is 2.99. The maximum absolute atomic E-state index is 11.9. The normalized spacial score (nSPS) is 10.8. The number of nitrogens with zero attached hydrogens (tertiary/aromatic N) is 4. The molecule has 1 aromatic carbocycles. The Kier molecular flexibility index (Phi) is 3.88. The molecule has 0 spiro atoms. The Bertz CT molecular complexity index is 819. The molecule has 22 heavy (non-hydrogen) atoms. The number of carbonyl (C=O) groups excluding carboxylic acids is 1. The van der Waals surface area contributed by atoms with Crippen LogP contribution in [0.3, 0.4) is 0 Å². The van der Waals surface area contributed by atoms with Gasteiger partial charge in [-0.2, -0.15) is 9.97 Å². The van der Waals surface area contributed by atoms with Gasteiger partial charge in [0.2, 0.25) is 5.95 Å². The number of carbonyl (C=O) groups is 1. The second-order valence-corrected chi connectivity index (χ2v) is 4.92. The Morgan fingerprint density at radius 2 is 2.05 bits per heavy atom. The maximum atomic E-state index is 11.9. The number of anilines is 1. The van der Waals surface area contributed by atoms with E-state index in [1.807, 2.05) is 30.3 Å². The van der Waals surface area contributed by atoms with Crippen molar-refractivity contribution in [2.45, 2.75) is 13.2 Å². The van der Waals surface area contributed by atoms with Crippen LogP contribution < -0.4 is 5.73 Å². The van der Waals surface area contributed by atoms with Gasteiger partial charge in [-0.25, -0.2) is 4.98 Å². The average molecular weight is 318 g/mol. The molecule has 0 aliphatic rings. The molecule has 3 rings (SSSR count). The van der Waals surface area contributed by atoms with E-state index in [2.05, 4.69) is 15.0 Å². The van der Waals surface area contributed by atoms with Crippen LogP contribution in [-0.4, -0.2) is 25.5 Å². The van der Waals surface area contributed by atoms with Crippen LogP contribution in [0.25, 0.3) is 11.2 Å². The zero-order valence-electron chi connectivity index (χ0n) is 11.4. The number of halogens is 1. The van der Waals surface area contributed by atoms with Gasteiger partial charge in [0, 0.05) is 0 Å². The predicted octanol–water partition coefficient (Wildman–Crippen LogP) is 1.81. The third-order valence-electron chi connectivity index (χ3n) is 2.98. The number of fused-ring (bicyclic) bond motifs is 1. The summed E-state index contributed by atoms with van der Waals surface area (Å²) in [6, 6.07) is 9.43. The number of hydrogen-bond donors (Lipinski definition) is 1. The van der Waals surface area contributed by atoms with E-state index in [9.17, 15) is 4.79 Å². The summed E-state index contributed by atoms with van der Waals surface area (Å²) >= 11 is 5.93. The van der Waals surface area contributed by atoms with Crippen molar-refractivity contribution < 1.29 is 9.53 Å². The first kappa shape index (κ1) is 14.3. The molecule has 3 aromatic rings. The Hall–Kier alpha value is -2.67. The summed E-state index contributed by atoms with van der Waals surface area (Å²) in [6.45, 7) is 0.181. The van der Waals surface area contributed by atoms with Crippen LogP contribution in [0.15, 0.2) is 36.7 Å². The van der Waals surface area contributed by atoms with Crippen LogP contribution >= 0.6 is 11.6 Å². The van der Waals surface area contributed by atoms with E-state index in [4.69, 9.17) is 22.1 Å². The highest BCUT2D eigenvalue weighted by Crippen LogP contribution is 2.19. The number of aromatic nitrogens is 4. The van der Waals surface area contributed by atoms with Gasteiger partial charge in [-0.1, -0.05) is 41.9 Å². The summed E-state index contributed by atoms with van der Waals surface area (Å²) in [5.41, 5.74) is 7.26. The molecule has 0 bridgehead atoms. The van der Waals surface area contributed by atoms with Crippen molar-refractivity contribution in [2.75, 3.05) is 5.73 Å². The summed E-state index contributed by atoms with van der Waals surface area (Å²) in [7, 11) is 0. The van der Waals surface area contributed by atoms with Gasteiger partial charge in [0.25, 0.3) is 0 Å². The molecule has 0 amide bonds. The lowest BCUT2D eigenvalue weighted by molar-refractivity contribution is -0.145. The number of ether oxygens (including phenoxy) is 1. The first-order valence-corrected chi connectivity index (χ1v) is 6.84. The Morgan fingerprint density at radius 3 is 2.82 bits per heavy atom. The number of benzene rings is 1. The molecule has 2 aromatic heterocycles. The van der Waals surface area contributed by atoms with Crippen molar-refractivity contribution in [2.24, 2.45) is 0 Å². The molecule has 0 unspecified atom stereocenters. The molecule has 0 radical (unpaired) electrons. The molecule has 2 heterocycles. The van der Waals surface area contributed by atoms with Gasteiger partial charge in [0.05, 0.1) is 6.33 Å². The summed E-state index contributed by atoms with van der Waals surface area (Å²) < 4.78 is 6.74. The first-order chi connectivity index (χ1) is 10.6. The highest BCUT2D eigenvalue weighted by molar-refractivity contribution is 6.33. The summed E-state index contributed by atoms with van der Waals surface area (Å²) in [6.07, 6.45) is 1.45. The molecular formula is C14H12ClN5O2. The molecule has 7 nitrogen and oxygen atoms in total. The van der Waals surface area contributed by atoms with Crippen molar-refractivity contribution in [1.29, 1.82) is 0 Å². The maximum Gasteiger partial charge on any atom is 0.326 e. The van der Waals surface area contributed by atoms with E-state index in [0.717, 1.165) is 5.56 Å². The summed E-state index contributed by atoms with van der Waals surface area (Å²) in [4.78, 5) is 23.8. The summed E-state index contributed by atoms with van der Waals surface area (Å²) in [5.74, 6) is -0.381. The van der Waals surface area contributed by atoms with Gasteiger partial charge in [-0.15, -0.1) is 0 Å². The van der Waals surface area contributed by atoms with Crippen molar-refractivity contribution in [1.82, 2.24) is 19.5 Å². The molecule has 0 saturated carbocycles. The van der Waals surface area contributed by atoms with Crippen LogP contribution in [0.1, 0.15) is 5.56 Å². The van der Waals surface area contributed by atoms with E-state index in [-0.39, 0.29) is 24.3 Å². The third-order valence-corrected chi connectivity index (χ3v) is 3.24. The molecule has 0 fully saturated rings. The fourth-order valence-electron chi connectivity index (χ4n) is 1.96. The van der Waals surface area contributed by atoms with Crippen molar-refractivity contribution >= 4 is 34.7 Å². The standard InChI is InChI=1S/C14H12ClN5O2/c15-12-11-13(19-14(16)18-12)20(8-17-11)6-10(21)22-7-9-4-2-1-3-5-9/h1-5,8H,6-7H2,(H2,16,18,19). The van der Waals surface area contributed by atoms with Crippen LogP contribution in [0.4, 0.5) is 5.95 Å². The van der Waals surface area contributed by atoms with E-state index < -0.39 is 5.97 Å². The number of rotatable bonds is 4. The van der Waals surface area contributed by atoms with Crippen molar-refractivity contribution in [3.8, 4) is 0 Å². The number of nitrogens with two attached hydrogens (primary N) is 1. The van der Waals surface area contributed by atoms with E-state index >= 15 is 0 Å². The Morgan fingerprint density at radius 1 is 1.27 bits per heavy atom. The minimum absolute atomic E-state index is 0.0249. The Labute approximate surface area is 130 Å². The minimum atomic E-state index is -0.406. The second-order valence-electron chi connectivity index (χ2n) is 4.56. The second kappa shape index (κ2) is 5.98. The number of nitrogen functional groups attached to an aromatic ring is 1. The van der Waals surface area contributed by atoms with Gasteiger partial charge in [-0.05, 0) is 5.56 Å².